The number of halogens is 1. The molecule has 3 heterocycles. The number of amides is 2. The van der Waals surface area contributed by atoms with Gasteiger partial charge in [-0.25, -0.2) is 0 Å². The summed E-state index contributed by atoms with van der Waals surface area (Å²) in [6.07, 6.45) is 2.81. The van der Waals surface area contributed by atoms with Crippen LogP contribution in [0.2, 0.25) is 0 Å². The Bertz CT molecular complexity index is 1150. The number of anilines is 2. The number of carbonyl (C=O) groups excluding carboxylic acids is 2. The molecule has 2 aromatic rings. The molecule has 2 amide bonds. The van der Waals surface area contributed by atoms with E-state index in [1.807, 2.05) is 30.1 Å². The lowest BCUT2D eigenvalue weighted by atomic mass is 9.96. The number of ether oxygens (including phenoxy) is 2. The monoisotopic (exact) mass is 545 g/mol. The summed E-state index contributed by atoms with van der Waals surface area (Å²) in [6, 6.07) is 9.07. The minimum atomic E-state index is -1.14. The van der Waals surface area contributed by atoms with Crippen LogP contribution in [0.4, 0.5) is 11.4 Å². The molecule has 2 N–H and O–H groups in total. The lowest BCUT2D eigenvalue weighted by Gasteiger charge is -2.28. The molecule has 2 fully saturated rings. The fraction of sp³-hybridized carbons (Fsp3) is 0.391. The third-order valence-corrected chi connectivity index (χ3v) is 7.39. The molecule has 11 heteroatoms. The zero-order chi connectivity index (χ0) is 24.1. The Kier molecular flexibility index (Phi) is 7.63. The van der Waals surface area contributed by atoms with Crippen molar-refractivity contribution in [1.29, 1.82) is 5.26 Å². The Hall–Kier alpha value is -2.78. The normalized spacial score (nSPS) is 21.7. The van der Waals surface area contributed by atoms with E-state index in [0.29, 0.717) is 55.6 Å². The third kappa shape index (κ3) is 5.31. The smallest absolute Gasteiger partial charge is 0.262 e. The van der Waals surface area contributed by atoms with Crippen molar-refractivity contribution >= 4 is 56.3 Å². The summed E-state index contributed by atoms with van der Waals surface area (Å²) >= 11 is 4.66. The maximum absolute atomic E-state index is 13.3. The summed E-state index contributed by atoms with van der Waals surface area (Å²) in [7, 11) is 0. The van der Waals surface area contributed by atoms with E-state index in [-0.39, 0.29) is 18.4 Å². The maximum Gasteiger partial charge on any atom is 0.262 e. The summed E-state index contributed by atoms with van der Waals surface area (Å²) in [5.74, 6) is 0.0245. The van der Waals surface area contributed by atoms with Crippen molar-refractivity contribution in [1.82, 2.24) is 5.32 Å². The van der Waals surface area contributed by atoms with Crippen LogP contribution in [0.25, 0.3) is 0 Å². The first-order valence-electron chi connectivity index (χ1n) is 10.8. The lowest BCUT2D eigenvalue weighted by Crippen LogP contribution is -2.57. The molecule has 0 spiro atoms. The number of hydrogen-bond donors (Lipinski definition) is 2. The van der Waals surface area contributed by atoms with Gasteiger partial charge in [-0.3, -0.25) is 9.59 Å². The van der Waals surface area contributed by atoms with Crippen LogP contribution in [0, 0.1) is 18.4 Å². The fourth-order valence-electron chi connectivity index (χ4n) is 4.02. The van der Waals surface area contributed by atoms with Crippen LogP contribution in [0.1, 0.15) is 28.1 Å². The zero-order valence-electron chi connectivity index (χ0n) is 18.6. The van der Waals surface area contributed by atoms with Crippen LogP contribution >= 0.6 is 27.3 Å². The molecule has 9 nitrogen and oxygen atoms in total. The number of thiophene rings is 1. The number of amidine groups is 1. The number of nitriles is 1. The quantitative estimate of drug-likeness (QED) is 0.556. The molecule has 0 saturated carbocycles. The number of nitrogens with zero attached hydrogens (tertiary/aromatic N) is 3. The summed E-state index contributed by atoms with van der Waals surface area (Å²) in [4.78, 5) is 32.5. The number of hydrogen-bond acceptors (Lipinski definition) is 7. The molecule has 178 valence electrons. The van der Waals surface area contributed by atoms with Crippen molar-refractivity contribution in [2.75, 3.05) is 43.2 Å². The highest BCUT2D eigenvalue weighted by molar-refractivity contribution is 9.11. The molecular weight excluding hydrogens is 522 g/mol. The van der Waals surface area contributed by atoms with Gasteiger partial charge in [-0.1, -0.05) is 0 Å². The Morgan fingerprint density at radius 2 is 2.09 bits per heavy atom. The van der Waals surface area contributed by atoms with Crippen molar-refractivity contribution in [3.05, 3.63) is 44.6 Å². The average molecular weight is 546 g/mol. The summed E-state index contributed by atoms with van der Waals surface area (Å²) in [5.41, 5.74) is 1.27. The van der Waals surface area contributed by atoms with E-state index in [1.54, 1.807) is 18.2 Å². The first-order valence-corrected chi connectivity index (χ1v) is 12.4. The molecule has 4 rings (SSSR count). The highest BCUT2D eigenvalue weighted by atomic mass is 79.9. The van der Waals surface area contributed by atoms with Gasteiger partial charge in [-0.2, -0.15) is 10.3 Å². The Balaban J connectivity index is 1.51. The predicted octanol–water partition coefficient (Wildman–Crippen LogP) is 3.45. The molecule has 0 aliphatic carbocycles. The molecule has 1 aromatic heterocycles. The molecule has 1 aromatic carbocycles. The van der Waals surface area contributed by atoms with Gasteiger partial charge in [0.15, 0.2) is 0 Å². The first-order chi connectivity index (χ1) is 16.4. The predicted molar refractivity (Wildman–Crippen MR) is 133 cm³/mol. The number of rotatable bonds is 5. The van der Waals surface area contributed by atoms with Gasteiger partial charge in [0.2, 0.25) is 6.19 Å². The minimum absolute atomic E-state index is 0.107. The van der Waals surface area contributed by atoms with Crippen molar-refractivity contribution in [3.8, 4) is 6.19 Å². The summed E-state index contributed by atoms with van der Waals surface area (Å²) in [5, 5.41) is 14.9. The summed E-state index contributed by atoms with van der Waals surface area (Å²) < 4.78 is 11.9. The third-order valence-electron chi connectivity index (χ3n) is 5.77. The molecule has 2 aliphatic rings. The van der Waals surface area contributed by atoms with Gasteiger partial charge >= 0.3 is 0 Å². The van der Waals surface area contributed by atoms with E-state index in [2.05, 4.69) is 31.6 Å². The van der Waals surface area contributed by atoms with Crippen LogP contribution in [-0.4, -0.2) is 56.2 Å². The molecule has 2 saturated heterocycles. The molecular formula is C23H24BrN5O4S. The largest absolute Gasteiger partial charge is 0.379 e. The van der Waals surface area contributed by atoms with E-state index >= 15 is 0 Å². The highest BCUT2D eigenvalue weighted by Gasteiger charge is 2.44. The van der Waals surface area contributed by atoms with Gasteiger partial charge in [0, 0.05) is 37.4 Å². The van der Waals surface area contributed by atoms with Crippen LogP contribution in [0.5, 0.6) is 0 Å². The van der Waals surface area contributed by atoms with Crippen molar-refractivity contribution in [3.63, 3.8) is 0 Å². The topological polar surface area (TPSA) is 116 Å². The van der Waals surface area contributed by atoms with Gasteiger partial charge in [-0.05, 0) is 58.7 Å². The SMILES string of the molecule is Cc1cc(NC(=O)[C@]2(NC(=O)c3ccc(Br)s3)CCOC2)ccc1N1CCOCC/C1=N\C#N. The zero-order valence-corrected chi connectivity index (χ0v) is 21.0. The van der Waals surface area contributed by atoms with Crippen molar-refractivity contribution in [2.24, 2.45) is 4.99 Å². The van der Waals surface area contributed by atoms with Crippen LogP contribution < -0.4 is 15.5 Å². The number of aryl methyl sites for hydroxylation is 1. The van der Waals surface area contributed by atoms with E-state index in [1.165, 1.54) is 11.3 Å². The van der Waals surface area contributed by atoms with Gasteiger partial charge in [0.05, 0.1) is 28.5 Å². The molecule has 2 aliphatic heterocycles. The van der Waals surface area contributed by atoms with Crippen molar-refractivity contribution < 1.29 is 19.1 Å². The van der Waals surface area contributed by atoms with Crippen LogP contribution in [0.15, 0.2) is 39.1 Å². The number of nitrogens with one attached hydrogen (secondary N) is 2. The Labute approximate surface area is 209 Å². The van der Waals surface area contributed by atoms with Crippen LogP contribution in [-0.2, 0) is 14.3 Å². The molecule has 0 bridgehead atoms. The van der Waals surface area contributed by atoms with Gasteiger partial charge < -0.3 is 25.0 Å². The standard InChI is InChI=1S/C23H24BrN5O4S/c1-15-12-16(2-3-17(15)29-8-11-32-9-6-20(29)26-14-25)27-22(31)23(7-10-33-13-23)28-21(30)18-4-5-19(24)34-18/h2-5,12H,6-11,13H2,1H3,(H,27,31)(H,28,30)/b26-20+/t23-/m0/s1. The van der Waals surface area contributed by atoms with E-state index in [0.717, 1.165) is 15.0 Å². The second-order valence-corrected chi connectivity index (χ2v) is 10.5. The molecule has 34 heavy (non-hydrogen) atoms. The number of benzene rings is 1. The summed E-state index contributed by atoms with van der Waals surface area (Å²) in [6.45, 7) is 4.06. The van der Waals surface area contributed by atoms with Gasteiger partial charge in [-0.15, -0.1) is 11.3 Å². The van der Waals surface area contributed by atoms with Crippen molar-refractivity contribution in [2.45, 2.75) is 25.3 Å². The highest BCUT2D eigenvalue weighted by Crippen LogP contribution is 2.28. The lowest BCUT2D eigenvalue weighted by molar-refractivity contribution is -0.122. The fourth-order valence-corrected chi connectivity index (χ4v) is 5.30. The second-order valence-electron chi connectivity index (χ2n) is 8.04. The van der Waals surface area contributed by atoms with Crippen LogP contribution in [0.3, 0.4) is 0 Å². The first kappa shape index (κ1) is 24.3. The molecule has 1 atom stereocenters. The van der Waals surface area contributed by atoms with E-state index in [4.69, 9.17) is 14.7 Å². The second kappa shape index (κ2) is 10.7. The van der Waals surface area contributed by atoms with Gasteiger partial charge in [0.1, 0.15) is 11.4 Å². The van der Waals surface area contributed by atoms with E-state index < -0.39 is 5.54 Å². The Morgan fingerprint density at radius 1 is 1.24 bits per heavy atom. The minimum Gasteiger partial charge on any atom is -0.379 e. The van der Waals surface area contributed by atoms with Gasteiger partial charge in [0.25, 0.3) is 11.8 Å². The Morgan fingerprint density at radius 3 is 2.76 bits per heavy atom. The average Bonchev–Trinajstić information content (AvgIpc) is 3.40. The van der Waals surface area contributed by atoms with E-state index in [9.17, 15) is 9.59 Å². The molecule has 0 unspecified atom stereocenters. The number of aliphatic imine (C=N–C) groups is 1. The number of carbonyl (C=O) groups is 2. The maximum atomic E-state index is 13.3. The molecule has 0 radical (unpaired) electrons.